The highest BCUT2D eigenvalue weighted by molar-refractivity contribution is 5.91. The molecule has 8 heteroatoms. The molecule has 0 spiro atoms. The van der Waals surface area contributed by atoms with Crippen LogP contribution < -0.4 is 16.2 Å². The van der Waals surface area contributed by atoms with E-state index in [1.807, 2.05) is 54.6 Å². The Bertz CT molecular complexity index is 875. The van der Waals surface area contributed by atoms with Gasteiger partial charge in [-0.25, -0.2) is 5.43 Å². The van der Waals surface area contributed by atoms with Crippen molar-refractivity contribution in [2.24, 2.45) is 0 Å². The summed E-state index contributed by atoms with van der Waals surface area (Å²) in [5.74, 6) is -1.43. The Balaban J connectivity index is 1.61. The summed E-state index contributed by atoms with van der Waals surface area (Å²) in [7, 11) is 1.76. The maximum absolute atomic E-state index is 12.9. The van der Waals surface area contributed by atoms with E-state index in [0.29, 0.717) is 6.54 Å². The summed E-state index contributed by atoms with van der Waals surface area (Å²) in [5, 5.41) is 23.5. The molecule has 0 aromatic heterocycles. The topological polar surface area (TPSA) is 114 Å². The van der Waals surface area contributed by atoms with Gasteiger partial charge in [-0.2, -0.15) is 0 Å². The highest BCUT2D eigenvalue weighted by atomic mass is 16.3. The minimum absolute atomic E-state index is 0.165. The van der Waals surface area contributed by atoms with Gasteiger partial charge in [-0.15, -0.1) is 0 Å². The number of benzene rings is 2. The molecule has 4 atom stereocenters. The number of likely N-dealkylation sites (tertiary alicyclic amines) is 1. The maximum atomic E-state index is 12.9. The quantitative estimate of drug-likeness (QED) is 0.409. The van der Waals surface area contributed by atoms with Crippen LogP contribution in [0.3, 0.4) is 0 Å². The van der Waals surface area contributed by atoms with Crippen LogP contribution in [0.5, 0.6) is 0 Å². The summed E-state index contributed by atoms with van der Waals surface area (Å²) in [6, 6.07) is 16.4. The first-order valence-electron chi connectivity index (χ1n) is 10.5. The second-order valence-electron chi connectivity index (χ2n) is 7.72. The van der Waals surface area contributed by atoms with E-state index in [0.717, 1.165) is 29.7 Å². The molecule has 8 nitrogen and oxygen atoms in total. The second-order valence-corrected chi connectivity index (χ2v) is 7.72. The van der Waals surface area contributed by atoms with Crippen LogP contribution in [0.1, 0.15) is 43.0 Å². The van der Waals surface area contributed by atoms with Crippen molar-refractivity contribution in [3.63, 3.8) is 0 Å². The second kappa shape index (κ2) is 10.4. The van der Waals surface area contributed by atoms with E-state index in [1.54, 1.807) is 18.9 Å². The fourth-order valence-corrected chi connectivity index (χ4v) is 3.88. The number of amides is 2. The van der Waals surface area contributed by atoms with E-state index in [-0.39, 0.29) is 6.04 Å². The molecule has 2 aromatic rings. The largest absolute Gasteiger partial charge is 0.380 e. The molecule has 3 rings (SSSR count). The third-order valence-electron chi connectivity index (χ3n) is 5.58. The van der Waals surface area contributed by atoms with Crippen molar-refractivity contribution in [2.75, 3.05) is 19.0 Å². The number of rotatable bonds is 8. The van der Waals surface area contributed by atoms with E-state index in [1.165, 1.54) is 0 Å². The SMILES string of the molecule is CNNc1ccc([C@@H](C)NC(=O)[C@H](O)[C@@H](O)C(=O)N2CCC[C@@H]2c2ccccc2)cc1. The number of anilines is 1. The number of carbonyl (C=O) groups excluding carboxylic acids is 2. The van der Waals surface area contributed by atoms with Crippen molar-refractivity contribution >= 4 is 17.5 Å². The Morgan fingerprint density at radius 2 is 1.71 bits per heavy atom. The lowest BCUT2D eigenvalue weighted by atomic mass is 10.0. The molecule has 166 valence electrons. The first kappa shape index (κ1) is 22.7. The van der Waals surface area contributed by atoms with Crippen molar-refractivity contribution in [3.8, 4) is 0 Å². The number of nitrogens with zero attached hydrogens (tertiary/aromatic N) is 1. The fraction of sp³-hybridized carbons (Fsp3) is 0.391. The third-order valence-corrected chi connectivity index (χ3v) is 5.58. The number of aliphatic hydroxyl groups excluding tert-OH is 2. The van der Waals surface area contributed by atoms with Gasteiger partial charge in [0.15, 0.2) is 12.2 Å². The lowest BCUT2D eigenvalue weighted by Crippen LogP contribution is -2.50. The van der Waals surface area contributed by atoms with Crippen molar-refractivity contribution in [2.45, 2.75) is 44.1 Å². The number of aliphatic hydroxyl groups is 2. The molecule has 0 bridgehead atoms. The maximum Gasteiger partial charge on any atom is 0.255 e. The number of carbonyl (C=O) groups is 2. The van der Waals surface area contributed by atoms with Crippen molar-refractivity contribution in [1.29, 1.82) is 0 Å². The monoisotopic (exact) mass is 426 g/mol. The smallest absolute Gasteiger partial charge is 0.255 e. The molecular weight excluding hydrogens is 396 g/mol. The number of nitrogens with one attached hydrogen (secondary N) is 3. The first-order chi connectivity index (χ1) is 14.9. The van der Waals surface area contributed by atoms with Crippen LogP contribution >= 0.6 is 0 Å². The average molecular weight is 427 g/mol. The minimum Gasteiger partial charge on any atom is -0.380 e. The van der Waals surface area contributed by atoms with Crippen LogP contribution in [0.2, 0.25) is 0 Å². The standard InChI is InChI=1S/C23H30N4O4/c1-15(16-10-12-18(13-11-16)26-24-2)25-22(30)20(28)21(29)23(31)27-14-6-9-19(27)17-7-4-3-5-8-17/h3-5,7-8,10-13,15,19-21,24,26,28-29H,6,9,14H2,1-2H3,(H,25,30)/t15-,19-,20-,21-/m1/s1. The lowest BCUT2D eigenvalue weighted by molar-refractivity contribution is -0.154. The molecule has 0 aliphatic carbocycles. The molecule has 31 heavy (non-hydrogen) atoms. The molecule has 0 saturated carbocycles. The van der Waals surface area contributed by atoms with Crippen LogP contribution in [-0.2, 0) is 9.59 Å². The van der Waals surface area contributed by atoms with Gasteiger partial charge in [-0.05, 0) is 43.0 Å². The summed E-state index contributed by atoms with van der Waals surface area (Å²) < 4.78 is 0. The molecule has 5 N–H and O–H groups in total. The van der Waals surface area contributed by atoms with Crippen molar-refractivity contribution in [3.05, 3.63) is 65.7 Å². The molecule has 0 unspecified atom stereocenters. The average Bonchev–Trinajstić information content (AvgIpc) is 3.28. The summed E-state index contributed by atoms with van der Waals surface area (Å²) in [6.45, 7) is 2.25. The number of hydrogen-bond donors (Lipinski definition) is 5. The Labute approximate surface area is 182 Å². The van der Waals surface area contributed by atoms with Gasteiger partial charge in [-0.3, -0.25) is 9.59 Å². The van der Waals surface area contributed by atoms with Crippen molar-refractivity contribution in [1.82, 2.24) is 15.6 Å². The molecule has 1 aliphatic heterocycles. The molecule has 1 fully saturated rings. The normalized spacial score (nSPS) is 18.8. The molecular formula is C23H30N4O4. The van der Waals surface area contributed by atoms with Gasteiger partial charge in [0.05, 0.1) is 12.1 Å². The van der Waals surface area contributed by atoms with E-state index < -0.39 is 30.1 Å². The third kappa shape index (κ3) is 5.41. The molecule has 1 saturated heterocycles. The van der Waals surface area contributed by atoms with E-state index in [9.17, 15) is 19.8 Å². The van der Waals surface area contributed by atoms with Crippen LogP contribution in [0.25, 0.3) is 0 Å². The highest BCUT2D eigenvalue weighted by Crippen LogP contribution is 2.32. The first-order valence-corrected chi connectivity index (χ1v) is 10.5. The Morgan fingerprint density at radius 1 is 1.03 bits per heavy atom. The molecule has 1 heterocycles. The van der Waals surface area contributed by atoms with Gasteiger partial charge in [0.25, 0.3) is 11.8 Å². The summed E-state index contributed by atoms with van der Waals surface area (Å²) in [4.78, 5) is 26.9. The minimum atomic E-state index is -1.85. The Morgan fingerprint density at radius 3 is 2.35 bits per heavy atom. The van der Waals surface area contributed by atoms with E-state index >= 15 is 0 Å². The fourth-order valence-electron chi connectivity index (χ4n) is 3.88. The van der Waals surface area contributed by atoms with Crippen LogP contribution in [0.15, 0.2) is 54.6 Å². The molecule has 0 radical (unpaired) electrons. The summed E-state index contributed by atoms with van der Waals surface area (Å²) in [6.07, 6.45) is -2.09. The number of hydrazine groups is 1. The molecule has 2 amide bonds. The van der Waals surface area contributed by atoms with Gasteiger partial charge >= 0.3 is 0 Å². The van der Waals surface area contributed by atoms with Gasteiger partial charge in [0.1, 0.15) is 0 Å². The van der Waals surface area contributed by atoms with E-state index in [2.05, 4.69) is 16.2 Å². The van der Waals surface area contributed by atoms with Gasteiger partial charge in [0.2, 0.25) is 0 Å². The van der Waals surface area contributed by atoms with Crippen LogP contribution in [0.4, 0.5) is 5.69 Å². The lowest BCUT2D eigenvalue weighted by Gasteiger charge is -2.29. The van der Waals surface area contributed by atoms with Gasteiger partial charge in [0, 0.05) is 19.3 Å². The van der Waals surface area contributed by atoms with Crippen molar-refractivity contribution < 1.29 is 19.8 Å². The van der Waals surface area contributed by atoms with Crippen LogP contribution in [-0.4, -0.2) is 52.7 Å². The van der Waals surface area contributed by atoms with Gasteiger partial charge in [-0.1, -0.05) is 42.5 Å². The summed E-state index contributed by atoms with van der Waals surface area (Å²) in [5.41, 5.74) is 8.44. The van der Waals surface area contributed by atoms with Crippen LogP contribution in [0, 0.1) is 0 Å². The Kier molecular flexibility index (Phi) is 7.62. The van der Waals surface area contributed by atoms with Gasteiger partial charge < -0.3 is 25.9 Å². The number of hydrogen-bond acceptors (Lipinski definition) is 6. The predicted octanol–water partition coefficient (Wildman–Crippen LogP) is 1.50. The van der Waals surface area contributed by atoms with E-state index in [4.69, 9.17) is 0 Å². The summed E-state index contributed by atoms with van der Waals surface area (Å²) >= 11 is 0. The molecule has 1 aliphatic rings. The zero-order chi connectivity index (χ0) is 22.4. The Hall–Kier alpha value is -2.94. The zero-order valence-electron chi connectivity index (χ0n) is 17.8. The molecule has 2 aromatic carbocycles. The predicted molar refractivity (Wildman–Crippen MR) is 118 cm³/mol. The zero-order valence-corrected chi connectivity index (χ0v) is 17.8. The highest BCUT2D eigenvalue weighted by Gasteiger charge is 2.38.